The maximum Gasteiger partial charge on any atom is 0.376 e. The summed E-state index contributed by atoms with van der Waals surface area (Å²) in [5, 5.41) is 0. The second-order valence-electron chi connectivity index (χ2n) is 10.4. The Morgan fingerprint density at radius 2 is 1.46 bits per heavy atom. The lowest BCUT2D eigenvalue weighted by Gasteiger charge is -2.61. The largest absolute Gasteiger partial charge is 0.465 e. The van der Waals surface area contributed by atoms with E-state index in [0.717, 1.165) is 64.2 Å². The van der Waals surface area contributed by atoms with Gasteiger partial charge in [-0.25, -0.2) is 4.79 Å². The molecule has 0 saturated heterocycles. The van der Waals surface area contributed by atoms with Crippen molar-refractivity contribution in [2.45, 2.75) is 83.5 Å². The molecule has 0 amide bonds. The van der Waals surface area contributed by atoms with E-state index in [1.54, 1.807) is 0 Å². The van der Waals surface area contributed by atoms with Gasteiger partial charge in [0.05, 0.1) is 19.1 Å². The Labute approximate surface area is 165 Å². The number of hydrogen-bond acceptors (Lipinski definition) is 4. The van der Waals surface area contributed by atoms with E-state index in [2.05, 4.69) is 0 Å². The molecule has 4 bridgehead atoms. The number of rotatable bonds is 6. The van der Waals surface area contributed by atoms with E-state index in [1.165, 1.54) is 6.42 Å². The van der Waals surface area contributed by atoms with Crippen molar-refractivity contribution in [3.63, 3.8) is 0 Å². The van der Waals surface area contributed by atoms with Crippen molar-refractivity contribution >= 4 is 11.9 Å². The van der Waals surface area contributed by atoms with Gasteiger partial charge in [-0.15, -0.1) is 0 Å². The molecule has 28 heavy (non-hydrogen) atoms. The quantitative estimate of drug-likeness (QED) is 0.598. The van der Waals surface area contributed by atoms with E-state index >= 15 is 0 Å². The molecule has 5 rings (SSSR count). The van der Waals surface area contributed by atoms with Crippen LogP contribution in [0.2, 0.25) is 0 Å². The minimum Gasteiger partial charge on any atom is -0.465 e. The molecule has 5 aliphatic rings. The zero-order chi connectivity index (χ0) is 20.0. The van der Waals surface area contributed by atoms with E-state index in [0.29, 0.717) is 25.4 Å². The highest BCUT2D eigenvalue weighted by Gasteiger charge is 2.58. The Morgan fingerprint density at radius 1 is 0.929 bits per heavy atom. The van der Waals surface area contributed by atoms with E-state index in [1.807, 2.05) is 0 Å². The third-order valence-corrected chi connectivity index (χ3v) is 7.63. The predicted molar refractivity (Wildman–Crippen MR) is 98.7 cm³/mol. The lowest BCUT2D eigenvalue weighted by atomic mass is 9.44. The molecule has 5 fully saturated rings. The van der Waals surface area contributed by atoms with Gasteiger partial charge in [0.25, 0.3) is 0 Å². The van der Waals surface area contributed by atoms with E-state index in [4.69, 9.17) is 9.47 Å². The van der Waals surface area contributed by atoms with Crippen LogP contribution in [0.25, 0.3) is 0 Å². The first kappa shape index (κ1) is 20.1. The van der Waals surface area contributed by atoms with Gasteiger partial charge in [-0.2, -0.15) is 8.78 Å². The van der Waals surface area contributed by atoms with Crippen molar-refractivity contribution in [2.24, 2.45) is 28.6 Å². The summed E-state index contributed by atoms with van der Waals surface area (Å²) >= 11 is 0. The van der Waals surface area contributed by atoms with Gasteiger partial charge in [0.1, 0.15) is 0 Å². The van der Waals surface area contributed by atoms with Crippen molar-refractivity contribution in [3.8, 4) is 0 Å². The van der Waals surface area contributed by atoms with Crippen LogP contribution in [-0.2, 0) is 19.1 Å². The Morgan fingerprint density at radius 3 is 2.00 bits per heavy atom. The molecular formula is C22H32F2O4. The molecule has 4 nitrogen and oxygen atoms in total. The Balaban J connectivity index is 1.39. The van der Waals surface area contributed by atoms with Gasteiger partial charge >= 0.3 is 17.9 Å². The molecule has 2 atom stereocenters. The van der Waals surface area contributed by atoms with Crippen LogP contribution in [0.4, 0.5) is 8.78 Å². The fourth-order valence-corrected chi connectivity index (χ4v) is 7.01. The average Bonchev–Trinajstić information content (AvgIpc) is 2.63. The van der Waals surface area contributed by atoms with Crippen molar-refractivity contribution in [1.29, 1.82) is 0 Å². The van der Waals surface area contributed by atoms with Crippen LogP contribution in [-0.4, -0.2) is 31.1 Å². The number of esters is 2. The monoisotopic (exact) mass is 398 g/mol. The molecule has 5 aliphatic carbocycles. The minimum atomic E-state index is -3.45. The first-order valence-corrected chi connectivity index (χ1v) is 10.9. The average molecular weight is 398 g/mol. The second-order valence-corrected chi connectivity index (χ2v) is 10.4. The fourth-order valence-electron chi connectivity index (χ4n) is 7.01. The molecule has 6 heteroatoms. The van der Waals surface area contributed by atoms with Crippen LogP contribution in [0.5, 0.6) is 0 Å². The second kappa shape index (κ2) is 7.24. The molecule has 2 unspecified atom stereocenters. The lowest BCUT2D eigenvalue weighted by molar-refractivity contribution is -0.191. The van der Waals surface area contributed by atoms with Crippen LogP contribution >= 0.6 is 0 Å². The Kier molecular flexibility index (Phi) is 5.20. The van der Waals surface area contributed by atoms with Gasteiger partial charge in [-0.3, -0.25) is 4.79 Å². The summed E-state index contributed by atoms with van der Waals surface area (Å²) in [5.74, 6) is -3.84. The fraction of sp³-hybridized carbons (Fsp3) is 0.909. The maximum absolute atomic E-state index is 13.2. The molecule has 5 saturated carbocycles. The van der Waals surface area contributed by atoms with Gasteiger partial charge in [0.2, 0.25) is 0 Å². The summed E-state index contributed by atoms with van der Waals surface area (Å²) in [7, 11) is 0. The topological polar surface area (TPSA) is 52.6 Å². The lowest BCUT2D eigenvalue weighted by Crippen LogP contribution is -2.55. The molecule has 0 aliphatic heterocycles. The van der Waals surface area contributed by atoms with Crippen molar-refractivity contribution in [3.05, 3.63) is 0 Å². The summed E-state index contributed by atoms with van der Waals surface area (Å²) < 4.78 is 37.3. The van der Waals surface area contributed by atoms with Crippen LogP contribution in [0, 0.1) is 28.6 Å². The summed E-state index contributed by atoms with van der Waals surface area (Å²) in [6.07, 6.45) is 11.2. The molecular weight excluding hydrogens is 366 g/mol. The number of ether oxygens (including phenoxy) is 2. The maximum atomic E-state index is 13.2. The standard InChI is InChI=1S/C22H32F2O4/c1-20(23,24)19(26)28-14-22-10-15-7-16(11-22)9-21(8-15,12-22)13-27-18(25)17-5-3-2-4-6-17/h15-17H,2-14H2,1H3. The van der Waals surface area contributed by atoms with Gasteiger partial charge in [0.15, 0.2) is 0 Å². The number of halogens is 2. The molecule has 0 aromatic carbocycles. The molecule has 0 aromatic rings. The number of carbonyl (C=O) groups excluding carboxylic acids is 2. The van der Waals surface area contributed by atoms with Crippen molar-refractivity contribution in [2.75, 3.05) is 13.2 Å². The first-order chi connectivity index (χ1) is 13.2. The van der Waals surface area contributed by atoms with E-state index < -0.39 is 11.9 Å². The first-order valence-electron chi connectivity index (χ1n) is 10.9. The summed E-state index contributed by atoms with van der Waals surface area (Å²) in [4.78, 5) is 24.1. The van der Waals surface area contributed by atoms with Gasteiger partial charge in [0, 0.05) is 17.8 Å². The highest BCUT2D eigenvalue weighted by Crippen LogP contribution is 2.65. The SMILES string of the molecule is CC(F)(F)C(=O)OCC12CC3CC(CC(COC(=O)C4CCCCC4)(C3)C1)C2. The Hall–Kier alpha value is -1.20. The highest BCUT2D eigenvalue weighted by molar-refractivity contribution is 5.76. The third-order valence-electron chi connectivity index (χ3n) is 7.63. The van der Waals surface area contributed by atoms with Gasteiger partial charge in [-0.05, 0) is 63.2 Å². The van der Waals surface area contributed by atoms with E-state index in [-0.39, 0.29) is 29.3 Å². The van der Waals surface area contributed by atoms with Crippen LogP contribution in [0.1, 0.15) is 77.6 Å². The van der Waals surface area contributed by atoms with Gasteiger partial charge in [-0.1, -0.05) is 19.3 Å². The summed E-state index contributed by atoms with van der Waals surface area (Å²) in [6, 6.07) is 0. The van der Waals surface area contributed by atoms with Crippen molar-refractivity contribution < 1.29 is 27.8 Å². The number of hydrogen-bond donors (Lipinski definition) is 0. The number of alkyl halides is 2. The van der Waals surface area contributed by atoms with E-state index in [9.17, 15) is 18.4 Å². The van der Waals surface area contributed by atoms with Crippen LogP contribution in [0.15, 0.2) is 0 Å². The predicted octanol–water partition coefficient (Wildman–Crippen LogP) is 4.89. The zero-order valence-corrected chi connectivity index (χ0v) is 16.8. The molecule has 0 N–H and O–H groups in total. The molecule has 0 aromatic heterocycles. The van der Waals surface area contributed by atoms with Crippen LogP contribution < -0.4 is 0 Å². The Bertz CT molecular complexity index is 607. The van der Waals surface area contributed by atoms with Gasteiger partial charge < -0.3 is 9.47 Å². The molecule has 158 valence electrons. The van der Waals surface area contributed by atoms with Crippen LogP contribution in [0.3, 0.4) is 0 Å². The number of carbonyl (C=O) groups is 2. The molecule has 0 heterocycles. The molecule has 0 radical (unpaired) electrons. The highest BCUT2D eigenvalue weighted by atomic mass is 19.3. The third kappa shape index (κ3) is 4.06. The zero-order valence-electron chi connectivity index (χ0n) is 16.8. The van der Waals surface area contributed by atoms with Crippen molar-refractivity contribution in [1.82, 2.24) is 0 Å². The minimum absolute atomic E-state index is 0.0457. The summed E-state index contributed by atoms with van der Waals surface area (Å²) in [5.41, 5.74) is -0.280. The normalized spacial score (nSPS) is 37.7. The summed E-state index contributed by atoms with van der Waals surface area (Å²) in [6.45, 7) is 1.09. The molecule has 0 spiro atoms. The smallest absolute Gasteiger partial charge is 0.376 e.